The normalized spacial score (nSPS) is 17.8. The molecule has 2 rings (SSSR count). The number of hydrogen-bond acceptors (Lipinski definition) is 4. The van der Waals surface area contributed by atoms with E-state index in [1.54, 1.807) is 0 Å². The number of hydrogen-bond donors (Lipinski definition) is 1. The average molecular weight is 411 g/mol. The molecule has 0 aliphatic carbocycles. The number of likely N-dealkylation sites (tertiary alicyclic amines) is 1. The average Bonchev–Trinajstić information content (AvgIpc) is 2.70. The van der Waals surface area contributed by atoms with Crippen LogP contribution in [0.2, 0.25) is 0 Å². The molecule has 0 spiro atoms. The lowest BCUT2D eigenvalue weighted by atomic mass is 9.98. The van der Waals surface area contributed by atoms with Crippen LogP contribution in [0.5, 0.6) is 0 Å². The van der Waals surface area contributed by atoms with Crippen LogP contribution in [0, 0.1) is 5.92 Å². The highest BCUT2D eigenvalue weighted by Crippen LogP contribution is 2.16. The molecule has 1 saturated heterocycles. The van der Waals surface area contributed by atoms with Crippen molar-refractivity contribution in [3.8, 4) is 0 Å². The number of aliphatic carboxylic acids is 1. The first-order valence-electron chi connectivity index (χ1n) is 10.4. The van der Waals surface area contributed by atoms with E-state index in [0.717, 1.165) is 50.0 Å². The maximum absolute atomic E-state index is 11.2. The van der Waals surface area contributed by atoms with Crippen LogP contribution in [-0.4, -0.2) is 47.9 Å². The van der Waals surface area contributed by atoms with E-state index in [1.165, 1.54) is 25.7 Å². The fourth-order valence-corrected chi connectivity index (χ4v) is 3.52. The number of unbranched alkanes of at least 4 members (excludes halogenated alkanes) is 4. The van der Waals surface area contributed by atoms with Gasteiger partial charge in [0.25, 0.3) is 0 Å². The van der Waals surface area contributed by atoms with Gasteiger partial charge >= 0.3 is 5.97 Å². The highest BCUT2D eigenvalue weighted by Gasteiger charge is 2.24. The Balaban J connectivity index is 0.00000392. The maximum Gasteiger partial charge on any atom is 0.307 e. The molecule has 158 valence electrons. The predicted octanol–water partition coefficient (Wildman–Crippen LogP) is 4.99. The van der Waals surface area contributed by atoms with Gasteiger partial charge in [0.15, 0.2) is 0 Å². The van der Waals surface area contributed by atoms with Gasteiger partial charge < -0.3 is 9.94 Å². The zero-order chi connectivity index (χ0) is 19.3. The molecule has 0 unspecified atom stereocenters. The lowest BCUT2D eigenvalue weighted by Crippen LogP contribution is -2.40. The molecule has 0 bridgehead atoms. The summed E-state index contributed by atoms with van der Waals surface area (Å²) in [5, 5.41) is 13.6. The molecule has 1 aliphatic heterocycles. The van der Waals surface area contributed by atoms with E-state index >= 15 is 0 Å². The van der Waals surface area contributed by atoms with E-state index in [2.05, 4.69) is 29.1 Å². The molecule has 0 amide bonds. The smallest absolute Gasteiger partial charge is 0.307 e. The summed E-state index contributed by atoms with van der Waals surface area (Å²) in [5.41, 5.74) is 2.13. The fourth-order valence-electron chi connectivity index (χ4n) is 3.52. The Bertz CT molecular complexity index is 580. The van der Waals surface area contributed by atoms with Gasteiger partial charge in [-0.3, -0.25) is 9.69 Å². The Labute approximate surface area is 175 Å². The van der Waals surface area contributed by atoms with Crippen molar-refractivity contribution in [2.75, 3.05) is 26.2 Å². The number of piperidine rings is 1. The van der Waals surface area contributed by atoms with Crippen molar-refractivity contribution >= 4 is 24.1 Å². The van der Waals surface area contributed by atoms with E-state index in [1.807, 2.05) is 18.2 Å². The second kappa shape index (κ2) is 14.4. The maximum atomic E-state index is 11.2. The monoisotopic (exact) mass is 410 g/mol. The number of carboxylic acid groups (broad SMARTS) is 1. The predicted molar refractivity (Wildman–Crippen MR) is 116 cm³/mol. The third-order valence-corrected chi connectivity index (χ3v) is 5.15. The number of benzene rings is 1. The lowest BCUT2D eigenvalue weighted by molar-refractivity contribution is -0.143. The Morgan fingerprint density at radius 2 is 1.96 bits per heavy atom. The Morgan fingerprint density at radius 3 is 2.68 bits per heavy atom. The third-order valence-electron chi connectivity index (χ3n) is 5.15. The number of carbonyl (C=O) groups is 1. The SMILES string of the molecule is CCCCCCCC(=NOCCN1CCC[C@@H](C(=O)O)C1)c1ccccc1.Cl. The van der Waals surface area contributed by atoms with Crippen molar-refractivity contribution in [1.82, 2.24) is 4.90 Å². The minimum Gasteiger partial charge on any atom is -0.481 e. The molecule has 28 heavy (non-hydrogen) atoms. The van der Waals surface area contributed by atoms with E-state index in [9.17, 15) is 9.90 Å². The number of oxime groups is 1. The van der Waals surface area contributed by atoms with Gasteiger partial charge in [0.05, 0.1) is 11.6 Å². The summed E-state index contributed by atoms with van der Waals surface area (Å²) in [6, 6.07) is 10.2. The van der Waals surface area contributed by atoms with Crippen LogP contribution < -0.4 is 0 Å². The Hall–Kier alpha value is -1.59. The molecular formula is C22H35ClN2O3. The van der Waals surface area contributed by atoms with Gasteiger partial charge in [-0.25, -0.2) is 0 Å². The molecule has 1 heterocycles. The summed E-state index contributed by atoms with van der Waals surface area (Å²) in [6.45, 7) is 5.02. The zero-order valence-electron chi connectivity index (χ0n) is 17.0. The largest absolute Gasteiger partial charge is 0.481 e. The van der Waals surface area contributed by atoms with Crippen LogP contribution in [0.3, 0.4) is 0 Å². The lowest BCUT2D eigenvalue weighted by Gasteiger charge is -2.29. The van der Waals surface area contributed by atoms with Crippen LogP contribution in [0.25, 0.3) is 0 Å². The van der Waals surface area contributed by atoms with Crippen LogP contribution in [0.1, 0.15) is 63.9 Å². The topological polar surface area (TPSA) is 62.1 Å². The molecule has 1 N–H and O–H groups in total. The van der Waals surface area contributed by atoms with Crippen LogP contribution in [-0.2, 0) is 9.63 Å². The summed E-state index contributed by atoms with van der Waals surface area (Å²) >= 11 is 0. The molecule has 0 radical (unpaired) electrons. The van der Waals surface area contributed by atoms with Crippen molar-refractivity contribution < 1.29 is 14.7 Å². The third kappa shape index (κ3) is 9.07. The first-order chi connectivity index (χ1) is 13.2. The van der Waals surface area contributed by atoms with E-state index in [4.69, 9.17) is 4.84 Å². The summed E-state index contributed by atoms with van der Waals surface area (Å²) in [5.74, 6) is -0.932. The molecule has 1 aliphatic rings. The second-order valence-electron chi connectivity index (χ2n) is 7.38. The van der Waals surface area contributed by atoms with Gasteiger partial charge in [-0.15, -0.1) is 12.4 Å². The summed E-state index contributed by atoms with van der Waals surface area (Å²) in [6.07, 6.45) is 8.82. The number of halogens is 1. The van der Waals surface area contributed by atoms with Crippen LogP contribution in [0.4, 0.5) is 0 Å². The van der Waals surface area contributed by atoms with Crippen molar-refractivity contribution in [2.45, 2.75) is 58.3 Å². The zero-order valence-corrected chi connectivity index (χ0v) is 17.8. The van der Waals surface area contributed by atoms with Crippen molar-refractivity contribution in [2.24, 2.45) is 11.1 Å². The number of carboxylic acids is 1. The van der Waals surface area contributed by atoms with E-state index in [-0.39, 0.29) is 18.3 Å². The van der Waals surface area contributed by atoms with E-state index in [0.29, 0.717) is 13.2 Å². The minimum absolute atomic E-state index is 0. The van der Waals surface area contributed by atoms with Gasteiger partial charge in [-0.2, -0.15) is 0 Å². The van der Waals surface area contributed by atoms with Gasteiger partial charge in [-0.05, 0) is 37.8 Å². The van der Waals surface area contributed by atoms with E-state index < -0.39 is 5.97 Å². The molecule has 0 aromatic heterocycles. The highest BCUT2D eigenvalue weighted by molar-refractivity contribution is 6.00. The number of rotatable bonds is 12. The van der Waals surface area contributed by atoms with Crippen molar-refractivity contribution in [3.05, 3.63) is 35.9 Å². The molecule has 1 aromatic rings. The van der Waals surface area contributed by atoms with Crippen LogP contribution >= 0.6 is 12.4 Å². The van der Waals surface area contributed by atoms with Crippen molar-refractivity contribution in [3.63, 3.8) is 0 Å². The highest BCUT2D eigenvalue weighted by atomic mass is 35.5. The second-order valence-corrected chi connectivity index (χ2v) is 7.38. The first-order valence-corrected chi connectivity index (χ1v) is 10.4. The molecule has 0 saturated carbocycles. The summed E-state index contributed by atoms with van der Waals surface area (Å²) in [4.78, 5) is 19.0. The molecule has 1 atom stereocenters. The molecular weight excluding hydrogens is 376 g/mol. The van der Waals surface area contributed by atoms with Gasteiger partial charge in [0.2, 0.25) is 0 Å². The quantitative estimate of drug-likeness (QED) is 0.299. The molecule has 5 nitrogen and oxygen atoms in total. The van der Waals surface area contributed by atoms with Crippen LogP contribution in [0.15, 0.2) is 35.5 Å². The molecule has 6 heteroatoms. The van der Waals surface area contributed by atoms with Gasteiger partial charge in [-0.1, -0.05) is 68.1 Å². The minimum atomic E-state index is -0.687. The molecule has 1 fully saturated rings. The van der Waals surface area contributed by atoms with Crippen molar-refractivity contribution in [1.29, 1.82) is 0 Å². The first kappa shape index (κ1) is 24.4. The Kier molecular flexibility index (Phi) is 12.6. The summed E-state index contributed by atoms with van der Waals surface area (Å²) in [7, 11) is 0. The fraction of sp³-hybridized carbons (Fsp3) is 0.636. The molecule has 1 aromatic carbocycles. The van der Waals surface area contributed by atoms with Gasteiger partial charge in [0, 0.05) is 13.1 Å². The van der Waals surface area contributed by atoms with Gasteiger partial charge in [0.1, 0.15) is 6.61 Å². The summed E-state index contributed by atoms with van der Waals surface area (Å²) < 4.78 is 0. The standard InChI is InChI=1S/C22H34N2O3.ClH/c1-2-3-4-5-9-14-21(19-11-7-6-8-12-19)23-27-17-16-24-15-10-13-20(18-24)22(25)26;/h6-8,11-12,20H,2-5,9-10,13-18H2,1H3,(H,25,26);1H/t20-;/m1./s1. The Morgan fingerprint density at radius 1 is 1.21 bits per heavy atom. The number of nitrogens with zero attached hydrogens (tertiary/aromatic N) is 2.